The summed E-state index contributed by atoms with van der Waals surface area (Å²) in [5.74, 6) is 0. The van der Waals surface area contributed by atoms with Crippen LogP contribution < -0.4 is 10.6 Å². The monoisotopic (exact) mass is 404 g/mol. The van der Waals surface area contributed by atoms with Crippen molar-refractivity contribution in [3.05, 3.63) is 107 Å². The Morgan fingerprint density at radius 1 is 0.500 bits per heavy atom. The third-order valence-corrected chi connectivity index (χ3v) is 4.79. The summed E-state index contributed by atoms with van der Waals surface area (Å²) in [6.45, 7) is 0. The predicted molar refractivity (Wildman–Crippen MR) is 121 cm³/mol. The lowest BCUT2D eigenvalue weighted by Crippen LogP contribution is -1.96. The summed E-state index contributed by atoms with van der Waals surface area (Å²) in [6.07, 6.45) is 0. The quantitative estimate of drug-likeness (QED) is 0.350. The van der Waals surface area contributed by atoms with E-state index in [2.05, 4.69) is 34.9 Å². The largest absolute Gasteiger partial charge is 0.355 e. The highest BCUT2D eigenvalue weighted by molar-refractivity contribution is 6.31. The van der Waals surface area contributed by atoms with E-state index in [0.29, 0.717) is 10.0 Å². The number of hydrogen-bond acceptors (Lipinski definition) is 2. The molecular formula is C24H18Cl2N2. The van der Waals surface area contributed by atoms with Gasteiger partial charge in [-0.2, -0.15) is 0 Å². The highest BCUT2D eigenvalue weighted by Gasteiger charge is 2.08. The normalized spacial score (nSPS) is 10.5. The molecule has 0 saturated carbocycles. The third-order valence-electron chi connectivity index (χ3n) is 4.32. The van der Waals surface area contributed by atoms with Crippen LogP contribution in [0, 0.1) is 0 Å². The number of halogens is 2. The van der Waals surface area contributed by atoms with Gasteiger partial charge in [0.25, 0.3) is 0 Å². The Morgan fingerprint density at radius 2 is 1.11 bits per heavy atom. The fraction of sp³-hybridized carbons (Fsp3) is 0. The molecule has 0 aliphatic heterocycles. The van der Waals surface area contributed by atoms with Gasteiger partial charge in [-0.15, -0.1) is 0 Å². The lowest BCUT2D eigenvalue weighted by Gasteiger charge is -2.16. The van der Waals surface area contributed by atoms with Crippen LogP contribution in [0.1, 0.15) is 0 Å². The van der Waals surface area contributed by atoms with Crippen molar-refractivity contribution in [1.29, 1.82) is 0 Å². The lowest BCUT2D eigenvalue weighted by atomic mass is 10.0. The molecule has 4 aromatic carbocycles. The van der Waals surface area contributed by atoms with Crippen molar-refractivity contribution in [2.45, 2.75) is 0 Å². The van der Waals surface area contributed by atoms with Gasteiger partial charge in [0.15, 0.2) is 0 Å². The van der Waals surface area contributed by atoms with Crippen LogP contribution in [-0.4, -0.2) is 0 Å². The molecule has 0 unspecified atom stereocenters. The van der Waals surface area contributed by atoms with E-state index < -0.39 is 0 Å². The molecule has 0 atom stereocenters. The number of nitrogens with one attached hydrogen (secondary N) is 2. The standard InChI is InChI=1S/C24H18Cl2N2/c25-18-8-4-10-20(14-18)27-22-12-13-24(28-21-11-5-9-19(26)15-21)23(16-22)17-6-2-1-3-7-17/h1-16,27-28H. The Balaban J connectivity index is 1.71. The predicted octanol–water partition coefficient (Wildman–Crippen LogP) is 8.15. The summed E-state index contributed by atoms with van der Waals surface area (Å²) >= 11 is 12.2. The van der Waals surface area contributed by atoms with Gasteiger partial charge in [0, 0.05) is 38.4 Å². The Hall–Kier alpha value is -2.94. The molecule has 0 heterocycles. The molecule has 0 amide bonds. The van der Waals surface area contributed by atoms with Crippen molar-refractivity contribution in [1.82, 2.24) is 0 Å². The SMILES string of the molecule is Clc1cccc(Nc2ccc(Nc3cccc(Cl)c3)c(-c3ccccc3)c2)c1. The molecule has 0 fully saturated rings. The molecule has 2 N–H and O–H groups in total. The van der Waals surface area contributed by atoms with Crippen LogP contribution in [0.4, 0.5) is 22.7 Å². The van der Waals surface area contributed by atoms with Crippen LogP contribution in [0.2, 0.25) is 10.0 Å². The first-order chi connectivity index (χ1) is 13.7. The molecule has 0 aliphatic rings. The zero-order valence-corrected chi connectivity index (χ0v) is 16.5. The fourth-order valence-corrected chi connectivity index (χ4v) is 3.42. The second kappa shape index (κ2) is 8.39. The van der Waals surface area contributed by atoms with Gasteiger partial charge in [0.1, 0.15) is 0 Å². The van der Waals surface area contributed by atoms with Gasteiger partial charge in [0.2, 0.25) is 0 Å². The molecule has 0 saturated heterocycles. The molecule has 2 nitrogen and oxygen atoms in total. The average molecular weight is 405 g/mol. The van der Waals surface area contributed by atoms with E-state index in [1.54, 1.807) is 0 Å². The van der Waals surface area contributed by atoms with E-state index in [1.807, 2.05) is 72.8 Å². The van der Waals surface area contributed by atoms with E-state index in [4.69, 9.17) is 23.2 Å². The number of rotatable bonds is 5. The zero-order chi connectivity index (χ0) is 19.3. The van der Waals surface area contributed by atoms with Gasteiger partial charge in [-0.05, 0) is 60.2 Å². The zero-order valence-electron chi connectivity index (χ0n) is 15.0. The smallest absolute Gasteiger partial charge is 0.0465 e. The van der Waals surface area contributed by atoms with Crippen LogP contribution in [0.5, 0.6) is 0 Å². The van der Waals surface area contributed by atoms with E-state index in [0.717, 1.165) is 33.9 Å². The third kappa shape index (κ3) is 4.48. The molecule has 0 radical (unpaired) electrons. The molecule has 0 aromatic heterocycles. The lowest BCUT2D eigenvalue weighted by molar-refractivity contribution is 1.50. The van der Waals surface area contributed by atoms with E-state index in [1.165, 1.54) is 0 Å². The maximum atomic E-state index is 6.14. The van der Waals surface area contributed by atoms with Crippen LogP contribution >= 0.6 is 23.2 Å². The van der Waals surface area contributed by atoms with Gasteiger partial charge in [0.05, 0.1) is 0 Å². The van der Waals surface area contributed by atoms with Gasteiger partial charge in [-0.3, -0.25) is 0 Å². The Morgan fingerprint density at radius 3 is 1.75 bits per heavy atom. The molecular weight excluding hydrogens is 387 g/mol. The minimum absolute atomic E-state index is 0.700. The van der Waals surface area contributed by atoms with Gasteiger partial charge in [-0.25, -0.2) is 0 Å². The number of anilines is 4. The van der Waals surface area contributed by atoms with E-state index in [-0.39, 0.29) is 0 Å². The Labute approximate surface area is 174 Å². The van der Waals surface area contributed by atoms with Gasteiger partial charge < -0.3 is 10.6 Å². The molecule has 4 heteroatoms. The van der Waals surface area contributed by atoms with Gasteiger partial charge in [-0.1, -0.05) is 65.7 Å². The minimum atomic E-state index is 0.700. The average Bonchev–Trinajstić information content (AvgIpc) is 2.70. The van der Waals surface area contributed by atoms with Crippen molar-refractivity contribution in [3.8, 4) is 11.1 Å². The summed E-state index contributed by atoms with van der Waals surface area (Å²) in [5, 5.41) is 8.30. The fourth-order valence-electron chi connectivity index (χ4n) is 3.04. The molecule has 28 heavy (non-hydrogen) atoms. The minimum Gasteiger partial charge on any atom is -0.355 e. The highest BCUT2D eigenvalue weighted by atomic mass is 35.5. The summed E-state index contributed by atoms with van der Waals surface area (Å²) < 4.78 is 0. The maximum Gasteiger partial charge on any atom is 0.0465 e. The molecule has 0 spiro atoms. The van der Waals surface area contributed by atoms with Crippen LogP contribution in [0.25, 0.3) is 11.1 Å². The Kier molecular flexibility index (Phi) is 5.52. The molecule has 0 aliphatic carbocycles. The summed E-state index contributed by atoms with van der Waals surface area (Å²) in [7, 11) is 0. The van der Waals surface area contributed by atoms with Crippen LogP contribution in [0.3, 0.4) is 0 Å². The van der Waals surface area contributed by atoms with Gasteiger partial charge >= 0.3 is 0 Å². The topological polar surface area (TPSA) is 24.1 Å². The van der Waals surface area contributed by atoms with E-state index >= 15 is 0 Å². The second-order valence-electron chi connectivity index (χ2n) is 6.40. The van der Waals surface area contributed by atoms with Crippen molar-refractivity contribution in [2.75, 3.05) is 10.6 Å². The first-order valence-electron chi connectivity index (χ1n) is 8.92. The molecule has 0 bridgehead atoms. The molecule has 4 aromatic rings. The molecule has 138 valence electrons. The van der Waals surface area contributed by atoms with E-state index in [9.17, 15) is 0 Å². The number of hydrogen-bond donors (Lipinski definition) is 2. The van der Waals surface area contributed by atoms with Crippen molar-refractivity contribution in [2.24, 2.45) is 0 Å². The van der Waals surface area contributed by atoms with Crippen molar-refractivity contribution in [3.63, 3.8) is 0 Å². The van der Waals surface area contributed by atoms with Crippen LogP contribution in [0.15, 0.2) is 97.1 Å². The van der Waals surface area contributed by atoms with Crippen molar-refractivity contribution >= 4 is 46.0 Å². The first-order valence-corrected chi connectivity index (χ1v) is 9.68. The summed E-state index contributed by atoms with van der Waals surface area (Å²) in [4.78, 5) is 0. The highest BCUT2D eigenvalue weighted by Crippen LogP contribution is 2.34. The van der Waals surface area contributed by atoms with Crippen LogP contribution in [-0.2, 0) is 0 Å². The van der Waals surface area contributed by atoms with Crippen molar-refractivity contribution < 1.29 is 0 Å². The summed E-state index contributed by atoms with van der Waals surface area (Å²) in [6, 6.07) is 31.9. The maximum absolute atomic E-state index is 6.14. The first kappa shape index (κ1) is 18.4. The Bertz CT molecular complexity index is 1090. The molecule has 4 rings (SSSR count). The summed E-state index contributed by atoms with van der Waals surface area (Å²) in [5.41, 5.74) is 6.10. The second-order valence-corrected chi connectivity index (χ2v) is 7.27. The number of benzene rings is 4.